The Morgan fingerprint density at radius 1 is 1.04 bits per heavy atom. The monoisotopic (exact) mass is 386 g/mol. The van der Waals surface area contributed by atoms with Crippen molar-refractivity contribution in [2.45, 2.75) is 12.9 Å². The molecule has 0 radical (unpaired) electrons. The molecule has 0 atom stereocenters. The van der Waals surface area contributed by atoms with Gasteiger partial charge in [0.15, 0.2) is 5.75 Å². The van der Waals surface area contributed by atoms with Gasteiger partial charge in [-0.05, 0) is 29.8 Å². The van der Waals surface area contributed by atoms with E-state index in [2.05, 4.69) is 20.0 Å². The van der Waals surface area contributed by atoms with Crippen LogP contribution in [0.25, 0.3) is 22.2 Å². The van der Waals surface area contributed by atoms with Crippen LogP contribution in [-0.4, -0.2) is 31.4 Å². The lowest BCUT2D eigenvalue weighted by Gasteiger charge is -2.09. The third-order valence-corrected chi connectivity index (χ3v) is 4.06. The number of hydrogen-bond donors (Lipinski definition) is 1. The van der Waals surface area contributed by atoms with Crippen LogP contribution in [0.2, 0.25) is 0 Å². The Balaban J connectivity index is 1.54. The van der Waals surface area contributed by atoms with Crippen molar-refractivity contribution < 1.29 is 23.0 Å². The molecule has 6 nitrogen and oxygen atoms in total. The number of pyridine rings is 1. The molecule has 0 unspecified atom stereocenters. The Bertz CT molecular complexity index is 1120. The molecule has 4 rings (SSSR count). The Morgan fingerprint density at radius 3 is 2.57 bits per heavy atom. The molecule has 0 aliphatic carbocycles. The van der Waals surface area contributed by atoms with Crippen LogP contribution in [0.1, 0.15) is 5.56 Å². The van der Waals surface area contributed by atoms with Crippen LogP contribution >= 0.6 is 0 Å². The number of ether oxygens (including phenoxy) is 1. The van der Waals surface area contributed by atoms with Crippen LogP contribution in [0, 0.1) is 0 Å². The van der Waals surface area contributed by atoms with E-state index >= 15 is 0 Å². The van der Waals surface area contributed by atoms with Crippen molar-refractivity contribution in [1.29, 1.82) is 0 Å². The van der Waals surface area contributed by atoms with Crippen LogP contribution in [0.15, 0.2) is 60.9 Å². The first-order valence-electron chi connectivity index (χ1n) is 8.21. The van der Waals surface area contributed by atoms with E-state index in [1.165, 1.54) is 28.9 Å². The van der Waals surface area contributed by atoms with Gasteiger partial charge in [0.25, 0.3) is 0 Å². The largest absolute Gasteiger partial charge is 0.573 e. The Morgan fingerprint density at radius 2 is 1.82 bits per heavy atom. The minimum Gasteiger partial charge on any atom is -0.505 e. The minimum atomic E-state index is -4.72. The van der Waals surface area contributed by atoms with Crippen LogP contribution in [0.4, 0.5) is 13.2 Å². The van der Waals surface area contributed by atoms with Gasteiger partial charge in [-0.3, -0.25) is 4.98 Å². The van der Waals surface area contributed by atoms with Gasteiger partial charge in [0.05, 0.1) is 12.7 Å². The van der Waals surface area contributed by atoms with Gasteiger partial charge in [-0.15, -0.1) is 18.3 Å². The van der Waals surface area contributed by atoms with E-state index in [0.717, 1.165) is 10.9 Å². The van der Waals surface area contributed by atoms with Crippen LogP contribution < -0.4 is 4.74 Å². The molecule has 4 aromatic rings. The Kier molecular flexibility index (Phi) is 4.34. The number of hydrogen-bond acceptors (Lipinski definition) is 5. The molecule has 0 amide bonds. The van der Waals surface area contributed by atoms with Crippen LogP contribution in [-0.2, 0) is 6.54 Å². The summed E-state index contributed by atoms with van der Waals surface area (Å²) in [6, 6.07) is 12.7. The highest BCUT2D eigenvalue weighted by Gasteiger charge is 2.30. The molecule has 0 spiro atoms. The fourth-order valence-corrected chi connectivity index (χ4v) is 2.82. The predicted molar refractivity (Wildman–Crippen MR) is 94.7 cm³/mol. The van der Waals surface area contributed by atoms with E-state index in [-0.39, 0.29) is 11.5 Å². The highest BCUT2D eigenvalue weighted by Crippen LogP contribution is 2.33. The summed E-state index contributed by atoms with van der Waals surface area (Å²) in [5, 5.41) is 19.4. The van der Waals surface area contributed by atoms with E-state index in [1.807, 2.05) is 12.1 Å². The molecule has 0 aliphatic heterocycles. The first-order chi connectivity index (χ1) is 13.4. The van der Waals surface area contributed by atoms with Crippen molar-refractivity contribution in [3.8, 4) is 22.8 Å². The number of phenols is 1. The number of aromatic nitrogens is 4. The number of benzene rings is 2. The third-order valence-electron chi connectivity index (χ3n) is 4.06. The van der Waals surface area contributed by atoms with Crippen molar-refractivity contribution >= 4 is 10.9 Å². The molecule has 0 saturated heterocycles. The highest BCUT2D eigenvalue weighted by atomic mass is 19.4. The number of phenolic OH excluding ortho intramolecular Hbond substituents is 1. The molecule has 0 aliphatic rings. The van der Waals surface area contributed by atoms with E-state index in [0.29, 0.717) is 23.3 Å². The Hall–Kier alpha value is -3.62. The maximum absolute atomic E-state index is 12.2. The lowest BCUT2D eigenvalue weighted by molar-refractivity contribution is -0.274. The lowest BCUT2D eigenvalue weighted by Crippen LogP contribution is -2.17. The maximum atomic E-state index is 12.2. The molecule has 142 valence electrons. The number of rotatable bonds is 4. The van der Waals surface area contributed by atoms with E-state index in [4.69, 9.17) is 0 Å². The zero-order valence-electron chi connectivity index (χ0n) is 14.3. The minimum absolute atomic E-state index is 0.0128. The average Bonchev–Trinajstić information content (AvgIpc) is 3.11. The van der Waals surface area contributed by atoms with Crippen molar-refractivity contribution in [3.63, 3.8) is 0 Å². The molecule has 0 fully saturated rings. The van der Waals surface area contributed by atoms with Crippen LogP contribution in [0.5, 0.6) is 11.5 Å². The summed E-state index contributed by atoms with van der Waals surface area (Å²) >= 11 is 0. The van der Waals surface area contributed by atoms with Crippen molar-refractivity contribution in [2.24, 2.45) is 0 Å². The molecule has 0 saturated carbocycles. The maximum Gasteiger partial charge on any atom is 0.573 e. The van der Waals surface area contributed by atoms with E-state index < -0.39 is 6.36 Å². The molecule has 1 N–H and O–H groups in total. The smallest absolute Gasteiger partial charge is 0.505 e. The number of halogens is 3. The summed E-state index contributed by atoms with van der Waals surface area (Å²) in [5.41, 5.74) is 2.14. The van der Waals surface area contributed by atoms with E-state index in [9.17, 15) is 18.3 Å². The summed E-state index contributed by atoms with van der Waals surface area (Å²) in [4.78, 5) is 4.18. The standard InChI is InChI=1S/C19H13F3N4O2/c20-19(21,22)28-14-6-3-12(4-7-14)10-26-11-16(24-25-26)15-8-5-13-2-1-9-23-17(13)18(15)27/h1-9,11,27H,10H2. The first-order valence-corrected chi connectivity index (χ1v) is 8.21. The van der Waals surface area contributed by atoms with Gasteiger partial charge in [-0.1, -0.05) is 29.5 Å². The second-order valence-corrected chi connectivity index (χ2v) is 6.03. The molecule has 2 aromatic carbocycles. The molecule has 0 bridgehead atoms. The second kappa shape index (κ2) is 6.84. The fraction of sp³-hybridized carbons (Fsp3) is 0.105. The second-order valence-electron chi connectivity index (χ2n) is 6.03. The molecule has 28 heavy (non-hydrogen) atoms. The van der Waals surface area contributed by atoms with Gasteiger partial charge >= 0.3 is 6.36 Å². The number of fused-ring (bicyclic) bond motifs is 1. The van der Waals surface area contributed by atoms with Gasteiger partial charge in [-0.25, -0.2) is 4.68 Å². The van der Waals surface area contributed by atoms with Gasteiger partial charge in [0.2, 0.25) is 0 Å². The number of aromatic hydroxyl groups is 1. The fourth-order valence-electron chi connectivity index (χ4n) is 2.82. The molecule has 2 aromatic heterocycles. The Labute approximate surface area is 156 Å². The zero-order valence-corrected chi connectivity index (χ0v) is 14.3. The van der Waals surface area contributed by atoms with Crippen LogP contribution in [0.3, 0.4) is 0 Å². The van der Waals surface area contributed by atoms with Gasteiger partial charge in [0.1, 0.15) is 17.0 Å². The van der Waals surface area contributed by atoms with Gasteiger partial charge < -0.3 is 9.84 Å². The molecular weight excluding hydrogens is 373 g/mol. The summed E-state index contributed by atoms with van der Waals surface area (Å²) in [6.07, 6.45) is -1.49. The topological polar surface area (TPSA) is 73.1 Å². The summed E-state index contributed by atoms with van der Waals surface area (Å²) in [6.45, 7) is 0.298. The third kappa shape index (κ3) is 3.73. The van der Waals surface area contributed by atoms with E-state index in [1.54, 1.807) is 24.5 Å². The van der Waals surface area contributed by atoms with Gasteiger partial charge in [-0.2, -0.15) is 0 Å². The average molecular weight is 386 g/mol. The number of alkyl halides is 3. The number of nitrogens with zero attached hydrogens (tertiary/aromatic N) is 4. The van der Waals surface area contributed by atoms with Crippen molar-refractivity contribution in [2.75, 3.05) is 0 Å². The lowest BCUT2D eigenvalue weighted by atomic mass is 10.1. The first kappa shape index (κ1) is 17.8. The summed E-state index contributed by atoms with van der Waals surface area (Å²) < 4.78 is 42.0. The predicted octanol–water partition coefficient (Wildman–Crippen LogP) is 4.15. The summed E-state index contributed by atoms with van der Waals surface area (Å²) in [5.74, 6) is -0.275. The van der Waals surface area contributed by atoms with Gasteiger partial charge in [0, 0.05) is 17.1 Å². The molecular formula is C19H13F3N4O2. The quantitative estimate of drug-likeness (QED) is 0.571. The molecule has 9 heteroatoms. The van der Waals surface area contributed by atoms with Crippen molar-refractivity contribution in [3.05, 3.63) is 66.5 Å². The normalized spacial score (nSPS) is 11.7. The zero-order chi connectivity index (χ0) is 19.7. The molecule has 2 heterocycles. The summed E-state index contributed by atoms with van der Waals surface area (Å²) in [7, 11) is 0. The highest BCUT2D eigenvalue weighted by molar-refractivity contribution is 5.90. The SMILES string of the molecule is Oc1c(-c2cn(Cc3ccc(OC(F)(F)F)cc3)nn2)ccc2cccnc12. The van der Waals surface area contributed by atoms with Crippen molar-refractivity contribution in [1.82, 2.24) is 20.0 Å².